The van der Waals surface area contributed by atoms with Gasteiger partial charge in [0.2, 0.25) is 11.8 Å². The zero-order chi connectivity index (χ0) is 18.4. The van der Waals surface area contributed by atoms with E-state index in [4.69, 9.17) is 0 Å². The summed E-state index contributed by atoms with van der Waals surface area (Å²) in [5, 5.41) is 5.98. The molecule has 1 fully saturated rings. The van der Waals surface area contributed by atoms with Crippen molar-refractivity contribution in [2.75, 3.05) is 5.32 Å². The highest BCUT2D eigenvalue weighted by Crippen LogP contribution is 2.30. The van der Waals surface area contributed by atoms with E-state index in [1.54, 1.807) is 6.20 Å². The molecule has 1 aliphatic rings. The molecule has 1 saturated carbocycles. The summed E-state index contributed by atoms with van der Waals surface area (Å²) in [4.78, 5) is 29.0. The molecule has 0 atom stereocenters. The first-order chi connectivity index (χ1) is 12.6. The molecule has 2 aromatic rings. The summed E-state index contributed by atoms with van der Waals surface area (Å²) in [6, 6.07) is 13.4. The zero-order valence-electron chi connectivity index (χ0n) is 15.1. The van der Waals surface area contributed by atoms with Gasteiger partial charge in [-0.25, -0.2) is 0 Å². The van der Waals surface area contributed by atoms with E-state index in [0.29, 0.717) is 6.54 Å². The molecule has 0 unspecified atom stereocenters. The van der Waals surface area contributed by atoms with Gasteiger partial charge in [-0.1, -0.05) is 24.3 Å². The fourth-order valence-corrected chi connectivity index (χ4v) is 3.39. The van der Waals surface area contributed by atoms with Crippen molar-refractivity contribution in [1.29, 1.82) is 0 Å². The third-order valence-electron chi connectivity index (χ3n) is 5.04. The highest BCUT2D eigenvalue weighted by Gasteiger charge is 2.30. The zero-order valence-corrected chi connectivity index (χ0v) is 15.1. The van der Waals surface area contributed by atoms with Gasteiger partial charge in [0, 0.05) is 23.7 Å². The van der Waals surface area contributed by atoms with Gasteiger partial charge in [-0.3, -0.25) is 14.6 Å². The molecule has 0 spiro atoms. The third-order valence-corrected chi connectivity index (χ3v) is 5.04. The largest absolute Gasteiger partial charge is 0.350 e. The predicted molar refractivity (Wildman–Crippen MR) is 101 cm³/mol. The Balaban J connectivity index is 1.45. The minimum Gasteiger partial charge on any atom is -0.350 e. The lowest BCUT2D eigenvalue weighted by Gasteiger charge is -2.27. The average Bonchev–Trinajstić information content (AvgIpc) is 2.69. The number of rotatable bonds is 5. The maximum Gasteiger partial charge on any atom is 0.227 e. The number of amides is 2. The first-order valence-electron chi connectivity index (χ1n) is 9.17. The molecule has 1 aromatic heterocycles. The minimum atomic E-state index is -0.0190. The van der Waals surface area contributed by atoms with Crippen LogP contribution in [0, 0.1) is 18.8 Å². The Labute approximate surface area is 154 Å². The molecule has 0 saturated heterocycles. The van der Waals surface area contributed by atoms with Crippen molar-refractivity contribution in [3.63, 3.8) is 0 Å². The van der Waals surface area contributed by atoms with Crippen molar-refractivity contribution in [3.05, 3.63) is 59.9 Å². The van der Waals surface area contributed by atoms with E-state index in [1.807, 2.05) is 49.4 Å². The van der Waals surface area contributed by atoms with Crippen LogP contribution in [0.4, 0.5) is 5.69 Å². The fraction of sp³-hybridized carbons (Fsp3) is 0.381. The van der Waals surface area contributed by atoms with Crippen LogP contribution >= 0.6 is 0 Å². The molecule has 1 heterocycles. The van der Waals surface area contributed by atoms with E-state index in [-0.39, 0.29) is 23.7 Å². The van der Waals surface area contributed by atoms with Crippen molar-refractivity contribution >= 4 is 17.5 Å². The molecule has 0 radical (unpaired) electrons. The van der Waals surface area contributed by atoms with Gasteiger partial charge in [-0.15, -0.1) is 0 Å². The van der Waals surface area contributed by atoms with E-state index < -0.39 is 0 Å². The minimum absolute atomic E-state index is 0.0128. The molecule has 5 nitrogen and oxygen atoms in total. The highest BCUT2D eigenvalue weighted by molar-refractivity contribution is 5.93. The number of aromatic nitrogens is 1. The van der Waals surface area contributed by atoms with Crippen molar-refractivity contribution < 1.29 is 9.59 Å². The van der Waals surface area contributed by atoms with E-state index >= 15 is 0 Å². The molecule has 1 aromatic carbocycles. The Bertz CT molecular complexity index is 753. The first-order valence-corrected chi connectivity index (χ1v) is 9.17. The number of aryl methyl sites for hydroxylation is 1. The van der Waals surface area contributed by atoms with Gasteiger partial charge in [0.05, 0.1) is 12.2 Å². The van der Waals surface area contributed by atoms with Gasteiger partial charge in [0.1, 0.15) is 0 Å². The van der Waals surface area contributed by atoms with Gasteiger partial charge < -0.3 is 10.6 Å². The van der Waals surface area contributed by atoms with Crippen molar-refractivity contribution in [3.8, 4) is 0 Å². The molecule has 2 amide bonds. The Morgan fingerprint density at radius 2 is 1.62 bits per heavy atom. The Morgan fingerprint density at radius 3 is 2.27 bits per heavy atom. The summed E-state index contributed by atoms with van der Waals surface area (Å²) in [6.07, 6.45) is 4.72. The van der Waals surface area contributed by atoms with Crippen LogP contribution in [0.3, 0.4) is 0 Å². The van der Waals surface area contributed by atoms with Crippen LogP contribution in [0.5, 0.6) is 0 Å². The number of para-hydroxylation sites is 1. The molecule has 3 rings (SSSR count). The number of pyridine rings is 1. The molecule has 2 N–H and O–H groups in total. The summed E-state index contributed by atoms with van der Waals surface area (Å²) >= 11 is 0. The summed E-state index contributed by atoms with van der Waals surface area (Å²) in [7, 11) is 0. The number of carbonyl (C=O) groups is 2. The lowest BCUT2D eigenvalue weighted by atomic mass is 9.81. The topological polar surface area (TPSA) is 71.1 Å². The van der Waals surface area contributed by atoms with Gasteiger partial charge in [0.25, 0.3) is 0 Å². The van der Waals surface area contributed by atoms with E-state index in [0.717, 1.165) is 42.6 Å². The van der Waals surface area contributed by atoms with E-state index in [2.05, 4.69) is 15.6 Å². The summed E-state index contributed by atoms with van der Waals surface area (Å²) < 4.78 is 0. The summed E-state index contributed by atoms with van der Waals surface area (Å²) in [6.45, 7) is 2.44. The smallest absolute Gasteiger partial charge is 0.227 e. The molecular formula is C21H25N3O2. The number of hydrogen-bond acceptors (Lipinski definition) is 3. The molecule has 1 aliphatic carbocycles. The van der Waals surface area contributed by atoms with Crippen LogP contribution in [0.15, 0.2) is 48.7 Å². The summed E-state index contributed by atoms with van der Waals surface area (Å²) in [5.74, 6) is 0.0933. The Hall–Kier alpha value is -2.69. The van der Waals surface area contributed by atoms with E-state index in [9.17, 15) is 9.59 Å². The van der Waals surface area contributed by atoms with Crippen LogP contribution < -0.4 is 10.6 Å². The highest BCUT2D eigenvalue weighted by atomic mass is 16.2. The Morgan fingerprint density at radius 1 is 0.962 bits per heavy atom. The van der Waals surface area contributed by atoms with Gasteiger partial charge in [-0.2, -0.15) is 0 Å². The monoisotopic (exact) mass is 351 g/mol. The molecule has 26 heavy (non-hydrogen) atoms. The van der Waals surface area contributed by atoms with E-state index in [1.165, 1.54) is 0 Å². The van der Waals surface area contributed by atoms with Crippen LogP contribution in [-0.4, -0.2) is 16.8 Å². The van der Waals surface area contributed by atoms with Gasteiger partial charge in [-0.05, 0) is 56.4 Å². The van der Waals surface area contributed by atoms with Crippen molar-refractivity contribution in [1.82, 2.24) is 10.3 Å². The standard InChI is InChI=1S/C21H25N3O2/c1-15-6-2-3-8-19(15)24-21(26)17-11-9-16(10-12-17)20(25)23-14-18-7-4-5-13-22-18/h2-8,13,16-17H,9-12,14H2,1H3,(H,23,25)(H,24,26). The van der Waals surface area contributed by atoms with Gasteiger partial charge in [0.15, 0.2) is 0 Å². The molecule has 136 valence electrons. The fourth-order valence-electron chi connectivity index (χ4n) is 3.39. The third kappa shape index (κ3) is 4.69. The second-order valence-electron chi connectivity index (χ2n) is 6.89. The maximum absolute atomic E-state index is 12.5. The lowest BCUT2D eigenvalue weighted by molar-refractivity contribution is -0.128. The van der Waals surface area contributed by atoms with Crippen LogP contribution in [-0.2, 0) is 16.1 Å². The van der Waals surface area contributed by atoms with Crippen LogP contribution in [0.25, 0.3) is 0 Å². The van der Waals surface area contributed by atoms with Crippen molar-refractivity contribution in [2.45, 2.75) is 39.2 Å². The normalized spacial score (nSPS) is 19.6. The number of anilines is 1. The number of nitrogens with zero attached hydrogens (tertiary/aromatic N) is 1. The molecule has 0 bridgehead atoms. The molecule has 5 heteroatoms. The predicted octanol–water partition coefficient (Wildman–Crippen LogP) is 3.45. The second-order valence-corrected chi connectivity index (χ2v) is 6.89. The molecule has 0 aliphatic heterocycles. The lowest BCUT2D eigenvalue weighted by Crippen LogP contribution is -2.35. The molecular weight excluding hydrogens is 326 g/mol. The summed E-state index contributed by atoms with van der Waals surface area (Å²) in [5.41, 5.74) is 2.78. The second kappa shape index (κ2) is 8.61. The maximum atomic E-state index is 12.5. The Kier molecular flexibility index (Phi) is 6.00. The average molecular weight is 351 g/mol. The number of nitrogens with one attached hydrogen (secondary N) is 2. The van der Waals surface area contributed by atoms with Crippen LogP contribution in [0.1, 0.15) is 36.9 Å². The van der Waals surface area contributed by atoms with Crippen molar-refractivity contribution in [2.24, 2.45) is 11.8 Å². The number of carbonyl (C=O) groups excluding carboxylic acids is 2. The SMILES string of the molecule is Cc1ccccc1NC(=O)C1CCC(C(=O)NCc2ccccn2)CC1. The van der Waals surface area contributed by atoms with Crippen LogP contribution in [0.2, 0.25) is 0 Å². The number of hydrogen-bond donors (Lipinski definition) is 2. The number of benzene rings is 1. The van der Waals surface area contributed by atoms with Gasteiger partial charge >= 0.3 is 0 Å². The quantitative estimate of drug-likeness (QED) is 0.867. The first kappa shape index (κ1) is 18.1.